The Bertz CT molecular complexity index is 312. The highest BCUT2D eigenvalue weighted by Gasteiger charge is 2.18. The van der Waals surface area contributed by atoms with E-state index in [0.717, 1.165) is 0 Å². The van der Waals surface area contributed by atoms with E-state index >= 15 is 0 Å². The summed E-state index contributed by atoms with van der Waals surface area (Å²) in [5.74, 6) is 0.257. The van der Waals surface area contributed by atoms with Crippen LogP contribution in [-0.2, 0) is 0 Å². The van der Waals surface area contributed by atoms with Gasteiger partial charge in [0, 0.05) is 5.92 Å². The van der Waals surface area contributed by atoms with Crippen LogP contribution in [0.4, 0.5) is 4.39 Å². The molecule has 0 aliphatic rings. The third-order valence-electron chi connectivity index (χ3n) is 2.44. The van der Waals surface area contributed by atoms with Crippen LogP contribution in [0.1, 0.15) is 25.3 Å². The summed E-state index contributed by atoms with van der Waals surface area (Å²) in [6.45, 7) is 4.58. The summed E-state index contributed by atoms with van der Waals surface area (Å²) in [6.07, 6.45) is 0. The van der Waals surface area contributed by atoms with Crippen LogP contribution in [0.5, 0.6) is 0 Å². The predicted molar refractivity (Wildman–Crippen MR) is 60.7 cm³/mol. The van der Waals surface area contributed by atoms with Crippen molar-refractivity contribution in [1.82, 2.24) is 0 Å². The number of benzene rings is 1. The summed E-state index contributed by atoms with van der Waals surface area (Å²) in [5, 5.41) is 0. The number of nitrogens with two attached hydrogens (primary N) is 1. The minimum absolute atomic E-state index is 0.0903. The molecule has 0 amide bonds. The van der Waals surface area contributed by atoms with Gasteiger partial charge < -0.3 is 5.73 Å². The fraction of sp³-hybridized carbons (Fsp3) is 0.455. The fourth-order valence-electron chi connectivity index (χ4n) is 1.57. The lowest BCUT2D eigenvalue weighted by molar-refractivity contribution is 0.477. The predicted octanol–water partition coefficient (Wildman–Crippen LogP) is 3.29. The smallest absolute Gasteiger partial charge is 0.140 e. The normalized spacial score (nSPS) is 13.3. The molecule has 0 aromatic heterocycles. The van der Waals surface area contributed by atoms with Gasteiger partial charge in [-0.3, -0.25) is 0 Å². The van der Waals surface area contributed by atoms with Gasteiger partial charge in [-0.1, -0.05) is 26.0 Å². The molecule has 1 atom stereocenters. The van der Waals surface area contributed by atoms with Gasteiger partial charge in [0.25, 0.3) is 0 Å². The SMILES string of the molecule is CC(C)C(CN)c1cccc(Br)c1F. The lowest BCUT2D eigenvalue weighted by Crippen LogP contribution is -2.19. The Morgan fingerprint density at radius 1 is 1.43 bits per heavy atom. The molecule has 1 rings (SSSR count). The molecule has 2 N–H and O–H groups in total. The second kappa shape index (κ2) is 4.89. The molecule has 0 bridgehead atoms. The summed E-state index contributed by atoms with van der Waals surface area (Å²) in [7, 11) is 0. The Labute approximate surface area is 92.6 Å². The quantitative estimate of drug-likeness (QED) is 0.886. The number of halogens is 2. The standard InChI is InChI=1S/C11H15BrFN/c1-7(2)9(6-14)8-4-3-5-10(12)11(8)13/h3-5,7,9H,6,14H2,1-2H3. The Kier molecular flexibility index (Phi) is 4.08. The van der Waals surface area contributed by atoms with Crippen molar-refractivity contribution in [3.8, 4) is 0 Å². The molecule has 1 aromatic rings. The third kappa shape index (κ3) is 2.34. The fourth-order valence-corrected chi connectivity index (χ4v) is 1.95. The van der Waals surface area contributed by atoms with Crippen LogP contribution in [0.15, 0.2) is 22.7 Å². The van der Waals surface area contributed by atoms with Gasteiger partial charge in [-0.2, -0.15) is 0 Å². The zero-order valence-electron chi connectivity index (χ0n) is 8.43. The van der Waals surface area contributed by atoms with Crippen molar-refractivity contribution in [2.75, 3.05) is 6.54 Å². The Balaban J connectivity index is 3.10. The van der Waals surface area contributed by atoms with Crippen molar-refractivity contribution >= 4 is 15.9 Å². The van der Waals surface area contributed by atoms with E-state index in [2.05, 4.69) is 29.8 Å². The second-order valence-electron chi connectivity index (χ2n) is 3.73. The summed E-state index contributed by atoms with van der Waals surface area (Å²) < 4.78 is 14.2. The van der Waals surface area contributed by atoms with Crippen molar-refractivity contribution in [3.63, 3.8) is 0 Å². The molecule has 0 fully saturated rings. The molecule has 0 spiro atoms. The van der Waals surface area contributed by atoms with Crippen LogP contribution in [0.25, 0.3) is 0 Å². The summed E-state index contributed by atoms with van der Waals surface area (Å²) in [6, 6.07) is 5.35. The molecule has 0 saturated carbocycles. The minimum Gasteiger partial charge on any atom is -0.330 e. The van der Waals surface area contributed by atoms with Crippen molar-refractivity contribution in [1.29, 1.82) is 0 Å². The van der Waals surface area contributed by atoms with Gasteiger partial charge in [-0.15, -0.1) is 0 Å². The molecule has 78 valence electrons. The van der Waals surface area contributed by atoms with Crippen molar-refractivity contribution in [3.05, 3.63) is 34.1 Å². The maximum Gasteiger partial charge on any atom is 0.140 e. The molecule has 14 heavy (non-hydrogen) atoms. The molecule has 1 aromatic carbocycles. The van der Waals surface area contributed by atoms with E-state index in [-0.39, 0.29) is 11.7 Å². The second-order valence-corrected chi connectivity index (χ2v) is 4.58. The van der Waals surface area contributed by atoms with Crippen molar-refractivity contribution < 1.29 is 4.39 Å². The summed E-state index contributed by atoms with van der Waals surface area (Å²) in [5.41, 5.74) is 6.35. The Morgan fingerprint density at radius 3 is 2.57 bits per heavy atom. The van der Waals surface area contributed by atoms with Gasteiger partial charge >= 0.3 is 0 Å². The number of hydrogen-bond donors (Lipinski definition) is 1. The van der Waals surface area contributed by atoms with Crippen molar-refractivity contribution in [2.45, 2.75) is 19.8 Å². The van der Waals surface area contributed by atoms with Gasteiger partial charge in [-0.05, 0) is 40.0 Å². The topological polar surface area (TPSA) is 26.0 Å². The minimum atomic E-state index is -0.184. The highest BCUT2D eigenvalue weighted by atomic mass is 79.9. The van der Waals surface area contributed by atoms with Crippen molar-refractivity contribution in [2.24, 2.45) is 11.7 Å². The summed E-state index contributed by atoms with van der Waals surface area (Å²) >= 11 is 3.18. The first-order valence-corrected chi connectivity index (χ1v) is 5.51. The first-order chi connectivity index (χ1) is 6.57. The maximum absolute atomic E-state index is 13.7. The van der Waals surface area contributed by atoms with Gasteiger partial charge in [0.1, 0.15) is 5.82 Å². The molecule has 0 aliphatic carbocycles. The van der Waals surface area contributed by atoms with E-state index in [1.54, 1.807) is 12.1 Å². The number of rotatable bonds is 3. The molecule has 3 heteroatoms. The van der Waals surface area contributed by atoms with Crippen LogP contribution >= 0.6 is 15.9 Å². The zero-order valence-corrected chi connectivity index (χ0v) is 10.0. The van der Waals surface area contributed by atoms with E-state index < -0.39 is 0 Å². The highest BCUT2D eigenvalue weighted by Crippen LogP contribution is 2.29. The number of hydrogen-bond acceptors (Lipinski definition) is 1. The van der Waals surface area contributed by atoms with Gasteiger partial charge in [-0.25, -0.2) is 4.39 Å². The zero-order chi connectivity index (χ0) is 10.7. The monoisotopic (exact) mass is 259 g/mol. The lowest BCUT2D eigenvalue weighted by Gasteiger charge is -2.20. The van der Waals surface area contributed by atoms with Gasteiger partial charge in [0.15, 0.2) is 0 Å². The first-order valence-electron chi connectivity index (χ1n) is 4.72. The van der Waals surface area contributed by atoms with E-state index in [1.807, 2.05) is 6.07 Å². The van der Waals surface area contributed by atoms with E-state index in [9.17, 15) is 4.39 Å². The molecular weight excluding hydrogens is 245 g/mol. The molecule has 0 aliphatic heterocycles. The van der Waals surface area contributed by atoms with E-state index in [0.29, 0.717) is 22.5 Å². The van der Waals surface area contributed by atoms with Crippen LogP contribution in [0.2, 0.25) is 0 Å². The van der Waals surface area contributed by atoms with Crippen LogP contribution in [0, 0.1) is 11.7 Å². The van der Waals surface area contributed by atoms with Crippen LogP contribution in [0.3, 0.4) is 0 Å². The maximum atomic E-state index is 13.7. The first kappa shape index (κ1) is 11.7. The molecular formula is C11H15BrFN. The third-order valence-corrected chi connectivity index (χ3v) is 3.05. The van der Waals surface area contributed by atoms with Crippen LogP contribution < -0.4 is 5.73 Å². The summed E-state index contributed by atoms with van der Waals surface area (Å²) in [4.78, 5) is 0. The largest absolute Gasteiger partial charge is 0.330 e. The molecule has 0 heterocycles. The van der Waals surface area contributed by atoms with E-state index in [1.165, 1.54) is 0 Å². The molecule has 0 radical (unpaired) electrons. The molecule has 0 saturated heterocycles. The average molecular weight is 260 g/mol. The lowest BCUT2D eigenvalue weighted by atomic mass is 9.88. The average Bonchev–Trinajstić information content (AvgIpc) is 2.13. The van der Waals surface area contributed by atoms with Gasteiger partial charge in [0.05, 0.1) is 4.47 Å². The Morgan fingerprint density at radius 2 is 2.07 bits per heavy atom. The Hall–Kier alpha value is -0.410. The highest BCUT2D eigenvalue weighted by molar-refractivity contribution is 9.10. The molecule has 1 nitrogen and oxygen atoms in total. The molecule has 1 unspecified atom stereocenters. The van der Waals surface area contributed by atoms with E-state index in [4.69, 9.17) is 5.73 Å². The van der Waals surface area contributed by atoms with Crippen LogP contribution in [-0.4, -0.2) is 6.54 Å². The van der Waals surface area contributed by atoms with Gasteiger partial charge in [0.2, 0.25) is 0 Å².